The van der Waals surface area contributed by atoms with Gasteiger partial charge in [0.15, 0.2) is 0 Å². The van der Waals surface area contributed by atoms with Crippen molar-refractivity contribution in [2.45, 2.75) is 0 Å². The molecule has 6 rings (SSSR count). The van der Waals surface area contributed by atoms with Gasteiger partial charge in [0, 0.05) is 17.1 Å². The molecule has 1 heteroatoms. The number of hydrogen-bond acceptors (Lipinski definition) is 1. The normalized spacial score (nSPS) is 11.3. The number of aromatic nitrogens is 1. The predicted molar refractivity (Wildman–Crippen MR) is 128 cm³/mol. The fourth-order valence-electron chi connectivity index (χ4n) is 4.63. The maximum absolute atomic E-state index is 4.87. The van der Waals surface area contributed by atoms with Crippen LogP contribution in [0.3, 0.4) is 0 Å². The Bertz CT molecular complexity index is 1470. The van der Waals surface area contributed by atoms with Crippen molar-refractivity contribution in [3.8, 4) is 22.3 Å². The molecule has 0 radical (unpaired) electrons. The van der Waals surface area contributed by atoms with E-state index in [1.54, 1.807) is 0 Å². The smallest absolute Gasteiger partial charge is 0.0792 e. The number of hydrogen-bond donors (Lipinski definition) is 0. The number of rotatable bonds is 2. The third-order valence-electron chi connectivity index (χ3n) is 5.90. The topological polar surface area (TPSA) is 12.9 Å². The summed E-state index contributed by atoms with van der Waals surface area (Å²) < 4.78 is 0. The molecule has 0 unspecified atom stereocenters. The fourth-order valence-corrected chi connectivity index (χ4v) is 4.63. The van der Waals surface area contributed by atoms with Crippen molar-refractivity contribution in [2.75, 3.05) is 0 Å². The molecule has 0 N–H and O–H groups in total. The molecule has 0 aliphatic heterocycles. The molecule has 1 nitrogen and oxygen atoms in total. The Hall–Kier alpha value is -3.97. The highest BCUT2D eigenvalue weighted by Crippen LogP contribution is 2.44. The van der Waals surface area contributed by atoms with Crippen molar-refractivity contribution in [3.05, 3.63) is 115 Å². The fraction of sp³-hybridized carbons (Fsp3) is 0. The van der Waals surface area contributed by atoms with Crippen LogP contribution in [-0.4, -0.2) is 4.98 Å². The number of fused-ring (bicyclic) bond motifs is 3. The van der Waals surface area contributed by atoms with Crippen LogP contribution in [0.2, 0.25) is 0 Å². The molecule has 0 spiro atoms. The summed E-state index contributed by atoms with van der Waals surface area (Å²) in [6, 6.07) is 38.7. The molecular weight excluding hydrogens is 362 g/mol. The first-order valence-corrected chi connectivity index (χ1v) is 10.2. The van der Waals surface area contributed by atoms with E-state index in [1.165, 1.54) is 49.2 Å². The van der Waals surface area contributed by atoms with Crippen molar-refractivity contribution < 1.29 is 0 Å². The summed E-state index contributed by atoms with van der Waals surface area (Å²) >= 11 is 0. The van der Waals surface area contributed by atoms with Gasteiger partial charge in [0.1, 0.15) is 0 Å². The highest BCUT2D eigenvalue weighted by molar-refractivity contribution is 6.22. The van der Waals surface area contributed by atoms with Crippen molar-refractivity contribution in [2.24, 2.45) is 0 Å². The molecule has 0 aliphatic carbocycles. The van der Waals surface area contributed by atoms with Crippen LogP contribution in [0.5, 0.6) is 0 Å². The number of benzene rings is 5. The summed E-state index contributed by atoms with van der Waals surface area (Å²) in [6.07, 6.45) is 1.90. The summed E-state index contributed by atoms with van der Waals surface area (Å²) in [5.41, 5.74) is 5.95. The monoisotopic (exact) mass is 381 g/mol. The van der Waals surface area contributed by atoms with Crippen LogP contribution in [0, 0.1) is 0 Å². The molecular formula is C29H19N. The van der Waals surface area contributed by atoms with E-state index in [0.29, 0.717) is 0 Å². The number of nitrogens with zero attached hydrogens (tertiary/aromatic N) is 1. The lowest BCUT2D eigenvalue weighted by molar-refractivity contribution is 1.42. The summed E-state index contributed by atoms with van der Waals surface area (Å²) in [5, 5.41) is 6.20. The zero-order valence-electron chi connectivity index (χ0n) is 16.4. The predicted octanol–water partition coefficient (Wildman–Crippen LogP) is 7.88. The molecule has 0 amide bonds. The molecule has 0 fully saturated rings. The third kappa shape index (κ3) is 2.53. The van der Waals surface area contributed by atoms with E-state index >= 15 is 0 Å². The van der Waals surface area contributed by atoms with Crippen LogP contribution in [0.4, 0.5) is 0 Å². The van der Waals surface area contributed by atoms with Gasteiger partial charge in [-0.15, -0.1) is 0 Å². The zero-order chi connectivity index (χ0) is 19.9. The second kappa shape index (κ2) is 6.82. The highest BCUT2D eigenvalue weighted by atomic mass is 14.7. The van der Waals surface area contributed by atoms with Gasteiger partial charge < -0.3 is 0 Å². The maximum atomic E-state index is 4.87. The van der Waals surface area contributed by atoms with Crippen LogP contribution in [0.15, 0.2) is 115 Å². The Labute approximate surface area is 175 Å². The van der Waals surface area contributed by atoms with Crippen molar-refractivity contribution in [3.63, 3.8) is 0 Å². The minimum absolute atomic E-state index is 1.05. The lowest BCUT2D eigenvalue weighted by Gasteiger charge is -2.18. The minimum Gasteiger partial charge on any atom is -0.256 e. The second-order valence-corrected chi connectivity index (χ2v) is 7.59. The molecule has 5 aromatic carbocycles. The standard InChI is InChI=1S/C29H19N/c1-2-11-21(12-3-1)27-24-15-6-7-16-25(24)28(26-18-9-19-30-29(26)27)23-17-8-13-20-10-4-5-14-22(20)23/h1-19H. The van der Waals surface area contributed by atoms with Gasteiger partial charge in [0.25, 0.3) is 0 Å². The molecule has 140 valence electrons. The van der Waals surface area contributed by atoms with E-state index < -0.39 is 0 Å². The van der Waals surface area contributed by atoms with Gasteiger partial charge in [-0.3, -0.25) is 4.98 Å². The Morgan fingerprint density at radius 3 is 1.90 bits per heavy atom. The molecule has 0 saturated carbocycles. The lowest BCUT2D eigenvalue weighted by atomic mass is 9.86. The third-order valence-corrected chi connectivity index (χ3v) is 5.90. The molecule has 0 bridgehead atoms. The van der Waals surface area contributed by atoms with Crippen LogP contribution >= 0.6 is 0 Å². The first-order chi connectivity index (χ1) is 14.9. The van der Waals surface area contributed by atoms with Gasteiger partial charge in [-0.1, -0.05) is 103 Å². The maximum Gasteiger partial charge on any atom is 0.0792 e. The van der Waals surface area contributed by atoms with E-state index in [9.17, 15) is 0 Å². The Balaban J connectivity index is 1.85. The Morgan fingerprint density at radius 1 is 0.433 bits per heavy atom. The van der Waals surface area contributed by atoms with E-state index in [-0.39, 0.29) is 0 Å². The first-order valence-electron chi connectivity index (χ1n) is 10.2. The summed E-state index contributed by atoms with van der Waals surface area (Å²) in [4.78, 5) is 4.87. The Kier molecular flexibility index (Phi) is 3.85. The lowest BCUT2D eigenvalue weighted by Crippen LogP contribution is -1.93. The van der Waals surface area contributed by atoms with Gasteiger partial charge in [-0.25, -0.2) is 0 Å². The van der Waals surface area contributed by atoms with Gasteiger partial charge in [0.05, 0.1) is 5.52 Å². The van der Waals surface area contributed by atoms with Gasteiger partial charge in [0.2, 0.25) is 0 Å². The molecule has 30 heavy (non-hydrogen) atoms. The average Bonchev–Trinajstić information content (AvgIpc) is 2.83. The first kappa shape index (κ1) is 16.9. The van der Waals surface area contributed by atoms with Crippen LogP contribution < -0.4 is 0 Å². The van der Waals surface area contributed by atoms with E-state index in [1.807, 2.05) is 12.3 Å². The summed E-state index contributed by atoms with van der Waals surface area (Å²) in [7, 11) is 0. The van der Waals surface area contributed by atoms with E-state index in [0.717, 1.165) is 5.52 Å². The molecule has 0 atom stereocenters. The average molecular weight is 381 g/mol. The minimum atomic E-state index is 1.05. The Morgan fingerprint density at radius 2 is 1.07 bits per heavy atom. The summed E-state index contributed by atoms with van der Waals surface area (Å²) in [6.45, 7) is 0. The zero-order valence-corrected chi connectivity index (χ0v) is 16.4. The van der Waals surface area contributed by atoms with Gasteiger partial charge in [-0.05, 0) is 44.3 Å². The van der Waals surface area contributed by atoms with Crippen molar-refractivity contribution >= 4 is 32.4 Å². The summed E-state index contributed by atoms with van der Waals surface area (Å²) in [5.74, 6) is 0. The highest BCUT2D eigenvalue weighted by Gasteiger charge is 2.18. The van der Waals surface area contributed by atoms with Gasteiger partial charge >= 0.3 is 0 Å². The van der Waals surface area contributed by atoms with Crippen LogP contribution in [0.25, 0.3) is 54.7 Å². The van der Waals surface area contributed by atoms with E-state index in [4.69, 9.17) is 4.98 Å². The van der Waals surface area contributed by atoms with Crippen LogP contribution in [0.1, 0.15) is 0 Å². The number of pyridine rings is 1. The SMILES string of the molecule is c1ccc(-c2c3ccccc3c(-c3cccc4ccccc34)c3cccnc23)cc1. The van der Waals surface area contributed by atoms with Gasteiger partial charge in [-0.2, -0.15) is 0 Å². The van der Waals surface area contributed by atoms with Crippen molar-refractivity contribution in [1.29, 1.82) is 0 Å². The largest absolute Gasteiger partial charge is 0.256 e. The molecule has 0 aliphatic rings. The quantitative estimate of drug-likeness (QED) is 0.278. The van der Waals surface area contributed by atoms with E-state index in [2.05, 4.69) is 103 Å². The van der Waals surface area contributed by atoms with Crippen LogP contribution in [-0.2, 0) is 0 Å². The molecule has 1 aromatic heterocycles. The second-order valence-electron chi connectivity index (χ2n) is 7.59. The molecule has 1 heterocycles. The van der Waals surface area contributed by atoms with Crippen molar-refractivity contribution in [1.82, 2.24) is 4.98 Å². The molecule has 0 saturated heterocycles. The molecule has 6 aromatic rings.